The average Bonchev–Trinajstić information content (AvgIpc) is 2.38. The highest BCUT2D eigenvalue weighted by Gasteiger charge is 2.26. The first-order valence-electron chi connectivity index (χ1n) is 6.02. The Hall–Kier alpha value is -0.770. The van der Waals surface area contributed by atoms with Crippen molar-refractivity contribution in [2.75, 3.05) is 20.1 Å². The van der Waals surface area contributed by atoms with Gasteiger partial charge in [0.05, 0.1) is 6.42 Å². The first-order chi connectivity index (χ1) is 9.40. The number of pyridine rings is 1. The minimum atomic E-state index is -4.17. The van der Waals surface area contributed by atoms with Crippen molar-refractivity contribution < 1.29 is 13.2 Å². The predicted octanol–water partition coefficient (Wildman–Crippen LogP) is 3.01. The molecule has 1 rings (SSSR count). The molecule has 0 aliphatic heterocycles. The molecule has 0 aliphatic carbocycles. The van der Waals surface area contributed by atoms with Crippen LogP contribution in [0.15, 0.2) is 23.3 Å². The third-order valence-corrected chi connectivity index (χ3v) is 2.64. The van der Waals surface area contributed by atoms with Gasteiger partial charge in [-0.1, -0.05) is 17.7 Å². The summed E-state index contributed by atoms with van der Waals surface area (Å²) in [6, 6.07) is 3.53. The molecule has 0 aliphatic rings. The Morgan fingerprint density at radius 2 is 1.95 bits per heavy atom. The fourth-order valence-electron chi connectivity index (χ4n) is 1.42. The summed E-state index contributed by atoms with van der Waals surface area (Å²) in [6.45, 7) is 0.334. The molecule has 1 aromatic heterocycles. The van der Waals surface area contributed by atoms with Crippen LogP contribution in [-0.4, -0.2) is 37.3 Å². The fourth-order valence-corrected chi connectivity index (χ4v) is 1.53. The molecular formula is C12H17ClF3IN4. The van der Waals surface area contributed by atoms with Gasteiger partial charge in [-0.3, -0.25) is 4.99 Å². The van der Waals surface area contributed by atoms with E-state index in [0.29, 0.717) is 24.1 Å². The van der Waals surface area contributed by atoms with Crippen LogP contribution in [0.5, 0.6) is 0 Å². The summed E-state index contributed by atoms with van der Waals surface area (Å²) in [5.41, 5.74) is 0.979. The molecule has 0 aromatic carbocycles. The number of halogens is 5. The standard InChI is InChI=1S/C12H16ClF3N4.HI/c1-17-11(19-7-5-12(14,15)16)18-6-4-9-2-3-10(13)20-8-9;/h2-3,8H,4-7H2,1H3,(H2,17,18,19);1H. The Labute approximate surface area is 143 Å². The van der Waals surface area contributed by atoms with Crippen LogP contribution in [0.1, 0.15) is 12.0 Å². The summed E-state index contributed by atoms with van der Waals surface area (Å²) in [5.74, 6) is 0.344. The van der Waals surface area contributed by atoms with Gasteiger partial charge in [-0.15, -0.1) is 24.0 Å². The molecule has 0 radical (unpaired) electrons. The lowest BCUT2D eigenvalue weighted by Gasteiger charge is -2.12. The fraction of sp³-hybridized carbons (Fsp3) is 0.500. The van der Waals surface area contributed by atoms with Crippen LogP contribution in [0.25, 0.3) is 0 Å². The van der Waals surface area contributed by atoms with E-state index in [4.69, 9.17) is 11.6 Å². The molecular weight excluding hydrogens is 420 g/mol. The van der Waals surface area contributed by atoms with Crippen LogP contribution in [0.4, 0.5) is 13.2 Å². The Kier molecular flexibility index (Phi) is 9.67. The largest absolute Gasteiger partial charge is 0.390 e. The highest BCUT2D eigenvalue weighted by Crippen LogP contribution is 2.17. The third kappa shape index (κ3) is 9.72. The predicted molar refractivity (Wildman–Crippen MR) is 88.4 cm³/mol. The number of hydrogen-bond donors (Lipinski definition) is 2. The molecule has 0 saturated heterocycles. The molecule has 0 saturated carbocycles. The Morgan fingerprint density at radius 3 is 2.48 bits per heavy atom. The van der Waals surface area contributed by atoms with Crippen LogP contribution >= 0.6 is 35.6 Å². The molecule has 2 N–H and O–H groups in total. The normalized spacial score (nSPS) is 11.8. The second kappa shape index (κ2) is 10.0. The van der Waals surface area contributed by atoms with E-state index in [1.165, 1.54) is 7.05 Å². The molecule has 120 valence electrons. The van der Waals surface area contributed by atoms with E-state index in [-0.39, 0.29) is 30.5 Å². The molecule has 0 bridgehead atoms. The summed E-state index contributed by atoms with van der Waals surface area (Å²) in [4.78, 5) is 7.78. The number of nitrogens with zero attached hydrogens (tertiary/aromatic N) is 2. The van der Waals surface area contributed by atoms with Gasteiger partial charge in [0.15, 0.2) is 5.96 Å². The number of aromatic nitrogens is 1. The zero-order chi connectivity index (χ0) is 15.0. The molecule has 0 unspecified atom stereocenters. The van der Waals surface area contributed by atoms with Crippen molar-refractivity contribution in [2.45, 2.75) is 19.0 Å². The molecule has 4 nitrogen and oxygen atoms in total. The topological polar surface area (TPSA) is 49.3 Å². The first-order valence-corrected chi connectivity index (χ1v) is 6.40. The van der Waals surface area contributed by atoms with Gasteiger partial charge in [-0.25, -0.2) is 4.98 Å². The molecule has 1 aromatic rings. The molecule has 0 spiro atoms. The number of rotatable bonds is 5. The first kappa shape index (κ1) is 20.2. The molecule has 1 heterocycles. The Morgan fingerprint density at radius 1 is 1.29 bits per heavy atom. The minimum absolute atomic E-state index is 0. The van der Waals surface area contributed by atoms with Crippen molar-refractivity contribution in [3.63, 3.8) is 0 Å². The summed E-state index contributed by atoms with van der Waals surface area (Å²) in [6.07, 6.45) is -2.73. The lowest BCUT2D eigenvalue weighted by molar-refractivity contribution is -0.132. The molecule has 9 heteroatoms. The number of hydrogen-bond acceptors (Lipinski definition) is 2. The smallest absolute Gasteiger partial charge is 0.356 e. The number of alkyl halides is 3. The highest BCUT2D eigenvalue weighted by molar-refractivity contribution is 14.0. The van der Waals surface area contributed by atoms with Crippen LogP contribution in [0, 0.1) is 0 Å². The molecule has 0 fully saturated rings. The maximum absolute atomic E-state index is 12.0. The lowest BCUT2D eigenvalue weighted by Crippen LogP contribution is -2.39. The Bertz CT molecular complexity index is 437. The van der Waals surface area contributed by atoms with Crippen molar-refractivity contribution in [2.24, 2.45) is 4.99 Å². The zero-order valence-corrected chi connectivity index (χ0v) is 14.5. The van der Waals surface area contributed by atoms with Gasteiger partial charge in [-0.2, -0.15) is 13.2 Å². The van der Waals surface area contributed by atoms with Crippen molar-refractivity contribution in [1.82, 2.24) is 15.6 Å². The monoisotopic (exact) mass is 436 g/mol. The van der Waals surface area contributed by atoms with E-state index in [2.05, 4.69) is 20.6 Å². The van der Waals surface area contributed by atoms with Gasteiger partial charge in [0.1, 0.15) is 5.15 Å². The number of aliphatic imine (C=N–C) groups is 1. The SMILES string of the molecule is CN=C(NCCc1ccc(Cl)nc1)NCCC(F)(F)F.I. The van der Waals surface area contributed by atoms with Crippen LogP contribution < -0.4 is 10.6 Å². The maximum Gasteiger partial charge on any atom is 0.390 e. The van der Waals surface area contributed by atoms with E-state index in [1.807, 2.05) is 6.07 Å². The zero-order valence-electron chi connectivity index (χ0n) is 11.4. The van der Waals surface area contributed by atoms with E-state index in [9.17, 15) is 13.2 Å². The molecule has 21 heavy (non-hydrogen) atoms. The van der Waals surface area contributed by atoms with Crippen molar-refractivity contribution >= 4 is 41.5 Å². The van der Waals surface area contributed by atoms with Gasteiger partial charge in [0, 0.05) is 26.3 Å². The maximum atomic E-state index is 12.0. The number of nitrogens with one attached hydrogen (secondary N) is 2. The third-order valence-electron chi connectivity index (χ3n) is 2.42. The van der Waals surface area contributed by atoms with E-state index >= 15 is 0 Å². The van der Waals surface area contributed by atoms with E-state index < -0.39 is 12.6 Å². The van der Waals surface area contributed by atoms with Gasteiger partial charge in [0.25, 0.3) is 0 Å². The summed E-state index contributed by atoms with van der Waals surface area (Å²) in [7, 11) is 1.51. The number of guanidine groups is 1. The molecule has 0 amide bonds. The second-order valence-electron chi connectivity index (χ2n) is 4.03. The molecule has 0 atom stereocenters. The summed E-state index contributed by atoms with van der Waals surface area (Å²) >= 11 is 5.66. The van der Waals surface area contributed by atoms with Crippen molar-refractivity contribution in [3.8, 4) is 0 Å². The second-order valence-corrected chi connectivity index (χ2v) is 4.42. The van der Waals surface area contributed by atoms with Crippen LogP contribution in [0.3, 0.4) is 0 Å². The summed E-state index contributed by atoms with van der Waals surface area (Å²) in [5, 5.41) is 5.96. The highest BCUT2D eigenvalue weighted by atomic mass is 127. The van der Waals surface area contributed by atoms with Gasteiger partial charge in [0.2, 0.25) is 0 Å². The summed E-state index contributed by atoms with van der Waals surface area (Å²) < 4.78 is 36.0. The quantitative estimate of drug-likeness (QED) is 0.323. The van der Waals surface area contributed by atoms with Gasteiger partial charge >= 0.3 is 6.18 Å². The van der Waals surface area contributed by atoms with E-state index in [0.717, 1.165) is 5.56 Å². The van der Waals surface area contributed by atoms with E-state index in [1.54, 1.807) is 12.3 Å². The Balaban J connectivity index is 0.00000400. The van der Waals surface area contributed by atoms with Crippen molar-refractivity contribution in [3.05, 3.63) is 29.0 Å². The average molecular weight is 437 g/mol. The van der Waals surface area contributed by atoms with Crippen molar-refractivity contribution in [1.29, 1.82) is 0 Å². The van der Waals surface area contributed by atoms with Gasteiger partial charge in [-0.05, 0) is 18.1 Å². The van der Waals surface area contributed by atoms with Gasteiger partial charge < -0.3 is 10.6 Å². The minimum Gasteiger partial charge on any atom is -0.356 e. The van der Waals surface area contributed by atoms with Crippen LogP contribution in [0.2, 0.25) is 5.15 Å². The lowest BCUT2D eigenvalue weighted by atomic mass is 10.2. The van der Waals surface area contributed by atoms with Crippen LogP contribution in [-0.2, 0) is 6.42 Å².